The van der Waals surface area contributed by atoms with Crippen molar-refractivity contribution in [2.45, 2.75) is 51.6 Å². The van der Waals surface area contributed by atoms with Crippen LogP contribution in [0.15, 0.2) is 71.6 Å². The first kappa shape index (κ1) is 32.7. The molecule has 0 unspecified atom stereocenters. The molecule has 3 aromatic rings. The molecular weight excluding hydrogens is 605 g/mol. The number of anilines is 1. The molecule has 0 spiro atoms. The van der Waals surface area contributed by atoms with Crippen molar-refractivity contribution in [3.63, 3.8) is 0 Å². The second kappa shape index (κ2) is 14.4. The molecule has 0 aliphatic heterocycles. The number of aryl methyl sites for hydroxylation is 1. The van der Waals surface area contributed by atoms with Gasteiger partial charge in [-0.2, -0.15) is 0 Å². The lowest BCUT2D eigenvalue weighted by atomic mass is 10.1. The fourth-order valence-electron chi connectivity index (χ4n) is 4.27. The summed E-state index contributed by atoms with van der Waals surface area (Å²) in [5.41, 5.74) is 1.58. The maximum absolute atomic E-state index is 14.1. The highest BCUT2D eigenvalue weighted by Gasteiger charge is 2.34. The fraction of sp³-hybridized carbons (Fsp3) is 0.333. The number of benzene rings is 3. The van der Waals surface area contributed by atoms with Gasteiger partial charge in [-0.1, -0.05) is 79.8 Å². The van der Waals surface area contributed by atoms with E-state index >= 15 is 0 Å². The lowest BCUT2D eigenvalue weighted by Gasteiger charge is -2.34. The zero-order valence-corrected chi connectivity index (χ0v) is 26.5. The quantitative estimate of drug-likeness (QED) is 0.238. The van der Waals surface area contributed by atoms with Crippen molar-refractivity contribution in [2.24, 2.45) is 5.92 Å². The van der Waals surface area contributed by atoms with Crippen LogP contribution in [0.1, 0.15) is 38.3 Å². The van der Waals surface area contributed by atoms with Gasteiger partial charge in [-0.05, 0) is 72.9 Å². The van der Waals surface area contributed by atoms with Crippen LogP contribution in [0.3, 0.4) is 0 Å². The summed E-state index contributed by atoms with van der Waals surface area (Å²) >= 11 is 18.6. The molecule has 2 amide bonds. The first-order valence-corrected chi connectivity index (χ1v) is 15.8. The van der Waals surface area contributed by atoms with Crippen LogP contribution in [0, 0.1) is 12.8 Å². The Labute approximate surface area is 257 Å². The highest BCUT2D eigenvalue weighted by molar-refractivity contribution is 7.92. The topological polar surface area (TPSA) is 86.8 Å². The Morgan fingerprint density at radius 3 is 2.15 bits per heavy atom. The average Bonchev–Trinajstić information content (AvgIpc) is 2.92. The number of carbonyl (C=O) groups is 2. The Morgan fingerprint density at radius 2 is 1.56 bits per heavy atom. The molecule has 0 aliphatic carbocycles. The van der Waals surface area contributed by atoms with E-state index in [0.717, 1.165) is 4.31 Å². The predicted octanol–water partition coefficient (Wildman–Crippen LogP) is 6.73. The number of nitrogens with zero attached hydrogens (tertiary/aromatic N) is 2. The molecule has 11 heteroatoms. The van der Waals surface area contributed by atoms with E-state index in [1.165, 1.54) is 29.2 Å². The molecule has 220 valence electrons. The van der Waals surface area contributed by atoms with E-state index in [1.807, 2.05) is 13.8 Å². The Balaban J connectivity index is 2.08. The average molecular weight is 639 g/mol. The van der Waals surface area contributed by atoms with Crippen LogP contribution >= 0.6 is 34.8 Å². The van der Waals surface area contributed by atoms with Gasteiger partial charge in [0, 0.05) is 28.2 Å². The largest absolute Gasteiger partial charge is 0.354 e. The van der Waals surface area contributed by atoms with E-state index in [-0.39, 0.29) is 23.3 Å². The van der Waals surface area contributed by atoms with Gasteiger partial charge in [-0.15, -0.1) is 0 Å². The van der Waals surface area contributed by atoms with Crippen molar-refractivity contribution in [3.05, 3.63) is 92.9 Å². The van der Waals surface area contributed by atoms with Crippen LogP contribution in [-0.2, 0) is 26.2 Å². The highest BCUT2D eigenvalue weighted by Crippen LogP contribution is 2.29. The van der Waals surface area contributed by atoms with Crippen molar-refractivity contribution < 1.29 is 18.0 Å². The first-order chi connectivity index (χ1) is 19.3. The van der Waals surface area contributed by atoms with Gasteiger partial charge in [0.1, 0.15) is 12.6 Å². The molecule has 0 saturated heterocycles. The second-order valence-corrected chi connectivity index (χ2v) is 13.2. The summed E-state index contributed by atoms with van der Waals surface area (Å²) in [6.45, 7) is 7.37. The monoisotopic (exact) mass is 637 g/mol. The molecule has 3 aromatic carbocycles. The minimum atomic E-state index is -4.20. The molecule has 7 nitrogen and oxygen atoms in total. The van der Waals surface area contributed by atoms with Gasteiger partial charge in [0.2, 0.25) is 11.8 Å². The number of nitrogens with one attached hydrogen (secondary N) is 1. The van der Waals surface area contributed by atoms with Crippen molar-refractivity contribution in [2.75, 3.05) is 17.4 Å². The van der Waals surface area contributed by atoms with Gasteiger partial charge >= 0.3 is 0 Å². The molecule has 41 heavy (non-hydrogen) atoms. The normalized spacial score (nSPS) is 12.2. The number of sulfonamides is 1. The number of para-hydroxylation sites is 1. The molecule has 0 radical (unpaired) electrons. The highest BCUT2D eigenvalue weighted by atomic mass is 35.5. The first-order valence-electron chi connectivity index (χ1n) is 13.2. The summed E-state index contributed by atoms with van der Waals surface area (Å²) in [5.74, 6) is -0.696. The minimum Gasteiger partial charge on any atom is -0.354 e. The summed E-state index contributed by atoms with van der Waals surface area (Å²) in [6, 6.07) is 16.7. The summed E-state index contributed by atoms with van der Waals surface area (Å²) < 4.78 is 29.0. The number of hydrogen-bond acceptors (Lipinski definition) is 4. The third kappa shape index (κ3) is 8.38. The number of hydrogen-bond donors (Lipinski definition) is 1. The van der Waals surface area contributed by atoms with Crippen molar-refractivity contribution in [1.29, 1.82) is 0 Å². The Kier molecular flexibility index (Phi) is 11.5. The van der Waals surface area contributed by atoms with Crippen LogP contribution in [0.4, 0.5) is 5.69 Å². The lowest BCUT2D eigenvalue weighted by molar-refractivity contribution is -0.140. The maximum Gasteiger partial charge on any atom is 0.264 e. The van der Waals surface area contributed by atoms with Crippen LogP contribution in [0.5, 0.6) is 0 Å². The SMILES string of the molecule is CC[C@H](C(=O)NCC(C)C)N(Cc1ccc(Cl)cc1Cl)C(=O)CN(c1ccccc1C)S(=O)(=O)c1ccc(Cl)cc1. The Hall–Kier alpha value is -2.78. The third-order valence-electron chi connectivity index (χ3n) is 6.49. The molecule has 0 bridgehead atoms. The number of rotatable bonds is 12. The Bertz CT molecular complexity index is 1480. The van der Waals surface area contributed by atoms with E-state index in [0.29, 0.717) is 44.8 Å². The van der Waals surface area contributed by atoms with Crippen LogP contribution in [0.2, 0.25) is 15.1 Å². The smallest absolute Gasteiger partial charge is 0.264 e. The predicted molar refractivity (Wildman–Crippen MR) is 166 cm³/mol. The second-order valence-electron chi connectivity index (χ2n) is 10.1. The lowest BCUT2D eigenvalue weighted by Crippen LogP contribution is -2.52. The van der Waals surface area contributed by atoms with E-state index in [4.69, 9.17) is 34.8 Å². The van der Waals surface area contributed by atoms with Gasteiger partial charge in [0.15, 0.2) is 0 Å². The van der Waals surface area contributed by atoms with E-state index in [1.54, 1.807) is 56.3 Å². The maximum atomic E-state index is 14.1. The summed E-state index contributed by atoms with van der Waals surface area (Å²) in [4.78, 5) is 28.8. The van der Waals surface area contributed by atoms with Crippen molar-refractivity contribution in [3.8, 4) is 0 Å². The van der Waals surface area contributed by atoms with Crippen molar-refractivity contribution in [1.82, 2.24) is 10.2 Å². The molecule has 3 rings (SSSR count). The van der Waals surface area contributed by atoms with Gasteiger partial charge in [0.05, 0.1) is 10.6 Å². The number of halogens is 3. The number of carbonyl (C=O) groups excluding carboxylic acids is 2. The summed E-state index contributed by atoms with van der Waals surface area (Å²) in [5, 5.41) is 4.04. The van der Waals surface area contributed by atoms with Gasteiger partial charge in [0.25, 0.3) is 10.0 Å². The van der Waals surface area contributed by atoms with Crippen LogP contribution in [0.25, 0.3) is 0 Å². The number of amides is 2. The molecular formula is C30H34Cl3N3O4S. The van der Waals surface area contributed by atoms with E-state index < -0.39 is 28.5 Å². The van der Waals surface area contributed by atoms with E-state index in [9.17, 15) is 18.0 Å². The summed E-state index contributed by atoms with van der Waals surface area (Å²) in [6.07, 6.45) is 0.301. The molecule has 0 fully saturated rings. The minimum absolute atomic E-state index is 0.0213. The van der Waals surface area contributed by atoms with Crippen molar-refractivity contribution >= 4 is 62.3 Å². The molecule has 0 aliphatic rings. The Morgan fingerprint density at radius 1 is 0.927 bits per heavy atom. The summed E-state index contributed by atoms with van der Waals surface area (Å²) in [7, 11) is -4.20. The zero-order chi connectivity index (χ0) is 30.3. The van der Waals surface area contributed by atoms with Gasteiger partial charge in [-0.25, -0.2) is 8.42 Å². The third-order valence-corrected chi connectivity index (χ3v) is 9.10. The van der Waals surface area contributed by atoms with Crippen LogP contribution < -0.4 is 9.62 Å². The van der Waals surface area contributed by atoms with Gasteiger partial charge in [-0.3, -0.25) is 13.9 Å². The molecule has 1 atom stereocenters. The molecule has 1 N–H and O–H groups in total. The van der Waals surface area contributed by atoms with E-state index in [2.05, 4.69) is 5.32 Å². The van der Waals surface area contributed by atoms with Gasteiger partial charge < -0.3 is 10.2 Å². The molecule has 0 heterocycles. The molecule has 0 aromatic heterocycles. The zero-order valence-electron chi connectivity index (χ0n) is 23.4. The van der Waals surface area contributed by atoms with Crippen LogP contribution in [-0.4, -0.2) is 44.3 Å². The fourth-order valence-corrected chi connectivity index (χ4v) is 6.34. The standard InChI is InChI=1S/C30H34Cl3N3O4S/c1-5-27(30(38)34-17-20(2)3)35(18-22-10-11-24(32)16-26(22)33)29(37)19-36(28-9-7-6-8-21(28)4)41(39,40)25-14-12-23(31)13-15-25/h6-16,20,27H,5,17-19H2,1-4H3,(H,34,38)/t27-/m1/s1. The molecule has 0 saturated carbocycles.